The Morgan fingerprint density at radius 3 is 2.12 bits per heavy atom. The lowest BCUT2D eigenvalue weighted by molar-refractivity contribution is -0.115. The molecule has 2 aromatic rings. The molecular weight excluding hydrogens is 326 g/mol. The van der Waals surface area contributed by atoms with Gasteiger partial charge in [0, 0.05) is 12.1 Å². The van der Waals surface area contributed by atoms with E-state index in [0.29, 0.717) is 18.0 Å². The van der Waals surface area contributed by atoms with E-state index in [2.05, 4.69) is 19.2 Å². The maximum absolute atomic E-state index is 12.3. The molecule has 0 aliphatic rings. The van der Waals surface area contributed by atoms with Crippen molar-refractivity contribution in [3.05, 3.63) is 54.1 Å². The fraction of sp³-hybridized carbons (Fsp3) is 0.278. The number of carbonyl (C=O) groups excluding carboxylic acids is 1. The quantitative estimate of drug-likeness (QED) is 0.804. The third-order valence-electron chi connectivity index (χ3n) is 3.50. The first-order chi connectivity index (χ1) is 11.3. The molecule has 1 amide bonds. The van der Waals surface area contributed by atoms with Crippen molar-refractivity contribution in [1.29, 1.82) is 0 Å². The summed E-state index contributed by atoms with van der Waals surface area (Å²) >= 11 is 0. The average Bonchev–Trinajstić information content (AvgIpc) is 2.55. The third kappa shape index (κ3) is 4.58. The number of rotatable bonds is 6. The van der Waals surface area contributed by atoms with Gasteiger partial charge in [-0.05, 0) is 47.9 Å². The predicted molar refractivity (Wildman–Crippen MR) is 93.7 cm³/mol. The van der Waals surface area contributed by atoms with E-state index >= 15 is 0 Å². The van der Waals surface area contributed by atoms with Crippen LogP contribution in [0.3, 0.4) is 0 Å². The molecule has 0 aliphatic carbocycles. The maximum Gasteiger partial charge on any atom is 0.339 e. The smallest absolute Gasteiger partial charge is 0.339 e. The van der Waals surface area contributed by atoms with Crippen molar-refractivity contribution in [1.82, 2.24) is 0 Å². The molecule has 0 spiro atoms. The van der Waals surface area contributed by atoms with Crippen LogP contribution in [0.15, 0.2) is 53.4 Å². The number of amides is 1. The summed E-state index contributed by atoms with van der Waals surface area (Å²) in [7, 11) is -3.91. The topological polar surface area (TPSA) is 72.5 Å². The Bertz CT molecular complexity index is 794. The van der Waals surface area contributed by atoms with Crippen LogP contribution in [-0.4, -0.2) is 14.3 Å². The summed E-state index contributed by atoms with van der Waals surface area (Å²) in [5.41, 5.74) is 1.65. The van der Waals surface area contributed by atoms with Crippen LogP contribution in [0, 0.1) is 0 Å². The highest BCUT2D eigenvalue weighted by molar-refractivity contribution is 7.87. The molecule has 0 saturated heterocycles. The fourth-order valence-electron chi connectivity index (χ4n) is 2.04. The highest BCUT2D eigenvalue weighted by Gasteiger charge is 2.17. The van der Waals surface area contributed by atoms with Crippen LogP contribution < -0.4 is 9.50 Å². The summed E-state index contributed by atoms with van der Waals surface area (Å²) in [6.45, 7) is 5.86. The van der Waals surface area contributed by atoms with Crippen LogP contribution in [-0.2, 0) is 14.9 Å². The Labute approximate surface area is 142 Å². The van der Waals surface area contributed by atoms with Gasteiger partial charge in [0.2, 0.25) is 5.91 Å². The molecule has 2 aromatic carbocycles. The SMILES string of the molecule is CCC(=O)Nc1ccc(S(=O)(=O)Oc2ccc(C(C)C)cc2)cc1. The molecule has 0 saturated carbocycles. The molecule has 0 aliphatic heterocycles. The zero-order valence-corrected chi connectivity index (χ0v) is 14.8. The first-order valence-corrected chi connectivity index (χ1v) is 9.17. The molecule has 0 aromatic heterocycles. The van der Waals surface area contributed by atoms with Gasteiger partial charge in [0.1, 0.15) is 10.6 Å². The molecule has 0 unspecified atom stereocenters. The number of carbonyl (C=O) groups is 1. The van der Waals surface area contributed by atoms with Crippen molar-refractivity contribution in [2.75, 3.05) is 5.32 Å². The van der Waals surface area contributed by atoms with E-state index in [0.717, 1.165) is 5.56 Å². The van der Waals surface area contributed by atoms with E-state index in [4.69, 9.17) is 4.18 Å². The summed E-state index contributed by atoms with van der Waals surface area (Å²) in [5, 5.41) is 2.66. The van der Waals surface area contributed by atoms with Crippen LogP contribution in [0.5, 0.6) is 5.75 Å². The summed E-state index contributed by atoms with van der Waals surface area (Å²) < 4.78 is 29.8. The van der Waals surface area contributed by atoms with Crippen molar-refractivity contribution < 1.29 is 17.4 Å². The van der Waals surface area contributed by atoms with Crippen molar-refractivity contribution >= 4 is 21.7 Å². The van der Waals surface area contributed by atoms with Gasteiger partial charge in [0.15, 0.2) is 0 Å². The average molecular weight is 347 g/mol. The highest BCUT2D eigenvalue weighted by atomic mass is 32.2. The van der Waals surface area contributed by atoms with Gasteiger partial charge in [0.25, 0.3) is 0 Å². The van der Waals surface area contributed by atoms with Gasteiger partial charge >= 0.3 is 10.1 Å². The Morgan fingerprint density at radius 1 is 1.04 bits per heavy atom. The fourth-order valence-corrected chi connectivity index (χ4v) is 2.97. The second-order valence-corrected chi connectivity index (χ2v) is 7.23. The van der Waals surface area contributed by atoms with Crippen molar-refractivity contribution in [3.63, 3.8) is 0 Å². The number of hydrogen-bond donors (Lipinski definition) is 1. The minimum absolute atomic E-state index is 0.0323. The molecule has 1 N–H and O–H groups in total. The second-order valence-electron chi connectivity index (χ2n) is 5.69. The Kier molecular flexibility index (Phi) is 5.62. The van der Waals surface area contributed by atoms with Gasteiger partial charge in [-0.3, -0.25) is 4.79 Å². The first kappa shape index (κ1) is 18.0. The molecule has 24 heavy (non-hydrogen) atoms. The summed E-state index contributed by atoms with van der Waals surface area (Å²) in [4.78, 5) is 11.4. The van der Waals surface area contributed by atoms with Crippen molar-refractivity contribution in [2.24, 2.45) is 0 Å². The van der Waals surface area contributed by atoms with Gasteiger partial charge < -0.3 is 9.50 Å². The van der Waals surface area contributed by atoms with Gasteiger partial charge in [-0.15, -0.1) is 0 Å². The normalized spacial score (nSPS) is 11.3. The van der Waals surface area contributed by atoms with Gasteiger partial charge in [-0.1, -0.05) is 32.9 Å². The van der Waals surface area contributed by atoms with Crippen LogP contribution in [0.25, 0.3) is 0 Å². The monoisotopic (exact) mass is 347 g/mol. The van der Waals surface area contributed by atoms with E-state index < -0.39 is 10.1 Å². The summed E-state index contributed by atoms with van der Waals surface area (Å²) in [6, 6.07) is 12.9. The molecular formula is C18H21NO4S. The van der Waals surface area contributed by atoms with E-state index in [1.807, 2.05) is 12.1 Å². The van der Waals surface area contributed by atoms with Crippen molar-refractivity contribution in [2.45, 2.75) is 38.0 Å². The number of anilines is 1. The minimum atomic E-state index is -3.91. The molecule has 0 bridgehead atoms. The van der Waals surface area contributed by atoms with Crippen molar-refractivity contribution in [3.8, 4) is 5.75 Å². The lowest BCUT2D eigenvalue weighted by Gasteiger charge is -2.10. The van der Waals surface area contributed by atoms with E-state index in [1.54, 1.807) is 19.1 Å². The zero-order valence-electron chi connectivity index (χ0n) is 13.9. The van der Waals surface area contributed by atoms with Gasteiger partial charge in [-0.25, -0.2) is 0 Å². The second kappa shape index (κ2) is 7.49. The number of benzene rings is 2. The van der Waals surface area contributed by atoms with E-state index in [1.165, 1.54) is 24.3 Å². The van der Waals surface area contributed by atoms with Crippen LogP contribution in [0.4, 0.5) is 5.69 Å². The number of nitrogens with one attached hydrogen (secondary N) is 1. The van der Waals surface area contributed by atoms with Gasteiger partial charge in [-0.2, -0.15) is 8.42 Å². The standard InChI is InChI=1S/C18H21NO4S/c1-4-18(20)19-15-7-11-17(12-8-15)24(21,22)23-16-9-5-14(6-10-16)13(2)3/h5-13H,4H2,1-3H3,(H,19,20). The largest absolute Gasteiger partial charge is 0.379 e. The van der Waals surface area contributed by atoms with E-state index in [-0.39, 0.29) is 16.6 Å². The van der Waals surface area contributed by atoms with Crippen LogP contribution >= 0.6 is 0 Å². The zero-order chi connectivity index (χ0) is 17.7. The first-order valence-electron chi connectivity index (χ1n) is 7.76. The molecule has 0 heterocycles. The molecule has 0 fully saturated rings. The molecule has 128 valence electrons. The molecule has 2 rings (SSSR count). The van der Waals surface area contributed by atoms with Crippen LogP contribution in [0.1, 0.15) is 38.7 Å². The lowest BCUT2D eigenvalue weighted by Crippen LogP contribution is -2.11. The molecule has 5 nitrogen and oxygen atoms in total. The lowest BCUT2D eigenvalue weighted by atomic mass is 10.0. The Hall–Kier alpha value is -2.34. The maximum atomic E-state index is 12.3. The predicted octanol–water partition coefficient (Wildman–Crippen LogP) is 3.93. The molecule has 6 heteroatoms. The van der Waals surface area contributed by atoms with Crippen LogP contribution in [0.2, 0.25) is 0 Å². The minimum Gasteiger partial charge on any atom is -0.379 e. The summed E-state index contributed by atoms with van der Waals surface area (Å²) in [6.07, 6.45) is 0.357. The Morgan fingerprint density at radius 2 is 1.62 bits per heavy atom. The Balaban J connectivity index is 2.13. The van der Waals surface area contributed by atoms with E-state index in [9.17, 15) is 13.2 Å². The number of hydrogen-bond acceptors (Lipinski definition) is 4. The molecule has 0 atom stereocenters. The summed E-state index contributed by atoms with van der Waals surface area (Å²) in [5.74, 6) is 0.497. The highest BCUT2D eigenvalue weighted by Crippen LogP contribution is 2.23. The van der Waals surface area contributed by atoms with Gasteiger partial charge in [0.05, 0.1) is 0 Å². The third-order valence-corrected chi connectivity index (χ3v) is 4.76. The molecule has 0 radical (unpaired) electrons.